The van der Waals surface area contributed by atoms with Crippen molar-refractivity contribution >= 4 is 23.4 Å². The van der Waals surface area contributed by atoms with E-state index in [-0.39, 0.29) is 18.2 Å². The van der Waals surface area contributed by atoms with Crippen LogP contribution in [0.2, 0.25) is 0 Å². The second kappa shape index (κ2) is 10.2. The summed E-state index contributed by atoms with van der Waals surface area (Å²) in [6, 6.07) is 13.9. The van der Waals surface area contributed by atoms with Crippen molar-refractivity contribution in [2.75, 3.05) is 31.1 Å². The number of nitrogens with zero attached hydrogens (tertiary/aromatic N) is 3. The van der Waals surface area contributed by atoms with Gasteiger partial charge in [0.05, 0.1) is 5.60 Å². The summed E-state index contributed by atoms with van der Waals surface area (Å²) in [5.41, 5.74) is 3.91. The van der Waals surface area contributed by atoms with Crippen molar-refractivity contribution in [3.8, 4) is 0 Å². The molecule has 2 aromatic rings. The van der Waals surface area contributed by atoms with E-state index >= 15 is 0 Å². The van der Waals surface area contributed by atoms with Gasteiger partial charge in [-0.3, -0.25) is 24.6 Å². The Morgan fingerprint density at radius 1 is 0.921 bits per heavy atom. The highest BCUT2D eigenvalue weighted by atomic mass is 16.3. The number of amides is 3. The summed E-state index contributed by atoms with van der Waals surface area (Å²) in [5.74, 6) is -0.885. The molecule has 0 saturated carbocycles. The van der Waals surface area contributed by atoms with Crippen LogP contribution in [0.25, 0.3) is 0 Å². The van der Waals surface area contributed by atoms with Gasteiger partial charge in [0.25, 0.3) is 5.91 Å². The Kier molecular flexibility index (Phi) is 6.70. The number of anilines is 1. The molecular formula is C30H36N4O4. The minimum absolute atomic E-state index is 0.186. The van der Waals surface area contributed by atoms with Gasteiger partial charge in [0, 0.05) is 56.9 Å². The van der Waals surface area contributed by atoms with Gasteiger partial charge in [0.1, 0.15) is 6.04 Å². The van der Waals surface area contributed by atoms with E-state index in [0.717, 1.165) is 43.9 Å². The maximum Gasteiger partial charge on any atom is 0.255 e. The van der Waals surface area contributed by atoms with Gasteiger partial charge in [-0.1, -0.05) is 24.3 Å². The molecule has 4 aliphatic heterocycles. The van der Waals surface area contributed by atoms with E-state index in [0.29, 0.717) is 31.4 Å². The lowest BCUT2D eigenvalue weighted by Crippen LogP contribution is -2.52. The van der Waals surface area contributed by atoms with E-state index in [9.17, 15) is 19.5 Å². The Bertz CT molecular complexity index is 1230. The van der Waals surface area contributed by atoms with E-state index in [1.54, 1.807) is 11.0 Å². The Labute approximate surface area is 223 Å². The topological polar surface area (TPSA) is 93.2 Å². The Morgan fingerprint density at radius 3 is 2.37 bits per heavy atom. The third-order valence-corrected chi connectivity index (χ3v) is 8.81. The number of piperidine rings is 3. The smallest absolute Gasteiger partial charge is 0.255 e. The molecule has 0 spiro atoms. The zero-order chi connectivity index (χ0) is 26.3. The summed E-state index contributed by atoms with van der Waals surface area (Å²) in [4.78, 5) is 43.3. The minimum Gasteiger partial charge on any atom is -0.385 e. The van der Waals surface area contributed by atoms with Crippen LogP contribution < -0.4 is 10.2 Å². The molecule has 200 valence electrons. The van der Waals surface area contributed by atoms with Gasteiger partial charge in [-0.05, 0) is 73.4 Å². The molecule has 2 aromatic carbocycles. The lowest BCUT2D eigenvalue weighted by atomic mass is 9.83. The lowest BCUT2D eigenvalue weighted by molar-refractivity contribution is -0.136. The fraction of sp³-hybridized carbons (Fsp3) is 0.500. The number of benzene rings is 2. The summed E-state index contributed by atoms with van der Waals surface area (Å²) in [6.07, 6.45) is 5.72. The first-order chi connectivity index (χ1) is 18.4. The average molecular weight is 517 g/mol. The standard InChI is InChI=1S/C30H36N4O4/c35-27-11-10-26(28(36)31-27)34-20-22-18-23(6-9-25(22)29(34)37)30(38)12-16-32(17-13-30)19-21-4-7-24(8-5-21)33-14-2-1-3-15-33/h4-9,18,26,38H,1-3,10-17,19-20H2,(H,31,35,36). The summed E-state index contributed by atoms with van der Waals surface area (Å²) in [5, 5.41) is 13.9. The third-order valence-electron chi connectivity index (χ3n) is 8.81. The fourth-order valence-electron chi connectivity index (χ4n) is 6.46. The number of rotatable bonds is 5. The van der Waals surface area contributed by atoms with Crippen molar-refractivity contribution in [1.82, 2.24) is 15.1 Å². The van der Waals surface area contributed by atoms with Crippen LogP contribution in [0.15, 0.2) is 42.5 Å². The molecule has 6 rings (SSSR count). The summed E-state index contributed by atoms with van der Waals surface area (Å²) in [7, 11) is 0. The first kappa shape index (κ1) is 25.1. The molecule has 8 nitrogen and oxygen atoms in total. The van der Waals surface area contributed by atoms with Gasteiger partial charge >= 0.3 is 0 Å². The minimum atomic E-state index is -0.936. The number of carbonyl (C=O) groups excluding carboxylic acids is 3. The molecule has 1 unspecified atom stereocenters. The van der Waals surface area contributed by atoms with Gasteiger partial charge in [-0.15, -0.1) is 0 Å². The number of nitrogens with one attached hydrogen (secondary N) is 1. The second-order valence-electron chi connectivity index (χ2n) is 11.3. The van der Waals surface area contributed by atoms with E-state index < -0.39 is 17.6 Å². The van der Waals surface area contributed by atoms with Crippen LogP contribution in [0.3, 0.4) is 0 Å². The number of aliphatic hydroxyl groups is 1. The highest BCUT2D eigenvalue weighted by molar-refractivity contribution is 6.05. The molecule has 8 heteroatoms. The highest BCUT2D eigenvalue weighted by Gasteiger charge is 2.40. The Hall–Kier alpha value is -3.23. The van der Waals surface area contributed by atoms with Gasteiger partial charge in [-0.25, -0.2) is 0 Å². The number of imide groups is 1. The molecule has 0 aromatic heterocycles. The van der Waals surface area contributed by atoms with Crippen LogP contribution in [0.1, 0.15) is 72.0 Å². The van der Waals surface area contributed by atoms with E-state index in [2.05, 4.69) is 39.4 Å². The van der Waals surface area contributed by atoms with Crippen molar-refractivity contribution < 1.29 is 19.5 Å². The number of carbonyl (C=O) groups is 3. The predicted octanol–water partition coefficient (Wildman–Crippen LogP) is 2.92. The third kappa shape index (κ3) is 4.83. The number of hydrogen-bond acceptors (Lipinski definition) is 6. The molecule has 3 saturated heterocycles. The van der Waals surface area contributed by atoms with Crippen molar-refractivity contribution in [2.24, 2.45) is 0 Å². The SMILES string of the molecule is O=C1CCC(N2Cc3cc(C4(O)CCN(Cc5ccc(N6CCCCC6)cc5)CC4)ccc3C2=O)C(=O)N1. The number of hydrogen-bond donors (Lipinski definition) is 2. The lowest BCUT2D eigenvalue weighted by Gasteiger charge is -2.38. The maximum atomic E-state index is 13.0. The first-order valence-electron chi connectivity index (χ1n) is 14.0. The van der Waals surface area contributed by atoms with Gasteiger partial charge in [0.2, 0.25) is 11.8 Å². The molecule has 0 bridgehead atoms. The van der Waals surface area contributed by atoms with Crippen LogP contribution >= 0.6 is 0 Å². The maximum absolute atomic E-state index is 13.0. The summed E-state index contributed by atoms with van der Waals surface area (Å²) >= 11 is 0. The first-order valence-corrected chi connectivity index (χ1v) is 14.0. The second-order valence-corrected chi connectivity index (χ2v) is 11.3. The molecule has 4 aliphatic rings. The summed E-state index contributed by atoms with van der Waals surface area (Å²) in [6.45, 7) is 5.08. The average Bonchev–Trinajstić information content (AvgIpc) is 3.26. The van der Waals surface area contributed by atoms with Crippen LogP contribution in [-0.4, -0.2) is 64.8 Å². The number of fused-ring (bicyclic) bond motifs is 1. The predicted molar refractivity (Wildman–Crippen MR) is 143 cm³/mol. The Balaban J connectivity index is 1.07. The van der Waals surface area contributed by atoms with Crippen molar-refractivity contribution in [3.63, 3.8) is 0 Å². The Morgan fingerprint density at radius 2 is 1.66 bits per heavy atom. The monoisotopic (exact) mass is 516 g/mol. The zero-order valence-corrected chi connectivity index (χ0v) is 21.8. The normalized spacial score (nSPS) is 23.9. The fourth-order valence-corrected chi connectivity index (χ4v) is 6.46. The van der Waals surface area contributed by atoms with Gasteiger partial charge < -0.3 is 14.9 Å². The van der Waals surface area contributed by atoms with Crippen LogP contribution in [0.4, 0.5) is 5.69 Å². The van der Waals surface area contributed by atoms with Crippen LogP contribution in [0.5, 0.6) is 0 Å². The zero-order valence-electron chi connectivity index (χ0n) is 21.8. The van der Waals surface area contributed by atoms with E-state index in [1.165, 1.54) is 30.5 Å². The molecule has 0 aliphatic carbocycles. The van der Waals surface area contributed by atoms with Gasteiger partial charge in [0.15, 0.2) is 0 Å². The number of likely N-dealkylation sites (tertiary alicyclic amines) is 1. The summed E-state index contributed by atoms with van der Waals surface area (Å²) < 4.78 is 0. The molecule has 3 fully saturated rings. The van der Waals surface area contributed by atoms with Crippen LogP contribution in [-0.2, 0) is 28.3 Å². The molecule has 1 atom stereocenters. The van der Waals surface area contributed by atoms with Crippen molar-refractivity contribution in [1.29, 1.82) is 0 Å². The van der Waals surface area contributed by atoms with E-state index in [4.69, 9.17) is 0 Å². The molecule has 4 heterocycles. The molecule has 0 radical (unpaired) electrons. The van der Waals surface area contributed by atoms with Gasteiger partial charge in [-0.2, -0.15) is 0 Å². The molecule has 2 N–H and O–H groups in total. The molecular weight excluding hydrogens is 480 g/mol. The molecule has 38 heavy (non-hydrogen) atoms. The van der Waals surface area contributed by atoms with Crippen molar-refractivity contribution in [2.45, 2.75) is 69.7 Å². The van der Waals surface area contributed by atoms with Crippen LogP contribution in [0, 0.1) is 0 Å². The molecule has 3 amide bonds. The quantitative estimate of drug-likeness (QED) is 0.594. The largest absolute Gasteiger partial charge is 0.385 e. The van der Waals surface area contributed by atoms with E-state index in [1.807, 2.05) is 12.1 Å². The van der Waals surface area contributed by atoms with Crippen molar-refractivity contribution in [3.05, 3.63) is 64.7 Å². The highest BCUT2D eigenvalue weighted by Crippen LogP contribution is 2.37.